The zero-order chi connectivity index (χ0) is 16.9. The van der Waals surface area contributed by atoms with E-state index < -0.39 is 0 Å². The summed E-state index contributed by atoms with van der Waals surface area (Å²) in [5, 5.41) is 7.19. The fraction of sp³-hybridized carbons (Fsp3) is 0.211. The first-order valence-electron chi connectivity index (χ1n) is 8.05. The molecule has 0 saturated heterocycles. The van der Waals surface area contributed by atoms with Gasteiger partial charge in [0, 0.05) is 22.7 Å². The van der Waals surface area contributed by atoms with Crippen molar-refractivity contribution in [2.24, 2.45) is 0 Å². The second kappa shape index (κ2) is 7.08. The van der Waals surface area contributed by atoms with Crippen molar-refractivity contribution in [2.45, 2.75) is 26.3 Å². The molecule has 1 atom stereocenters. The lowest BCUT2D eigenvalue weighted by Crippen LogP contribution is -2.31. The highest BCUT2D eigenvalue weighted by atomic mass is 16.1. The van der Waals surface area contributed by atoms with E-state index in [-0.39, 0.29) is 11.9 Å². The number of hydrogen-bond acceptors (Lipinski definition) is 4. The number of rotatable bonds is 5. The van der Waals surface area contributed by atoms with E-state index in [0.717, 1.165) is 28.8 Å². The Labute approximate surface area is 141 Å². The second-order valence-corrected chi connectivity index (χ2v) is 5.73. The minimum absolute atomic E-state index is 0.0689. The zero-order valence-electron chi connectivity index (χ0n) is 13.8. The summed E-state index contributed by atoms with van der Waals surface area (Å²) in [6, 6.07) is 15.4. The van der Waals surface area contributed by atoms with Crippen molar-refractivity contribution in [3.8, 4) is 0 Å². The molecule has 24 heavy (non-hydrogen) atoms. The normalized spacial score (nSPS) is 11.9. The minimum Gasteiger partial charge on any atom is -0.350 e. The maximum Gasteiger partial charge on any atom is 0.251 e. The van der Waals surface area contributed by atoms with Crippen molar-refractivity contribution in [3.63, 3.8) is 0 Å². The Hall–Kier alpha value is -2.95. The fourth-order valence-corrected chi connectivity index (χ4v) is 2.39. The number of nitrogens with one attached hydrogen (secondary N) is 2. The number of para-hydroxylation sites is 1. The number of carbonyl (C=O) groups is 1. The largest absolute Gasteiger partial charge is 0.350 e. The molecule has 0 radical (unpaired) electrons. The fourth-order valence-electron chi connectivity index (χ4n) is 2.39. The third-order valence-corrected chi connectivity index (χ3v) is 3.92. The van der Waals surface area contributed by atoms with Crippen LogP contribution in [0, 0.1) is 0 Å². The van der Waals surface area contributed by atoms with Crippen LogP contribution in [0.3, 0.4) is 0 Å². The molecular weight excluding hydrogens is 300 g/mol. The number of amides is 1. The lowest BCUT2D eigenvalue weighted by molar-refractivity contribution is 0.0939. The van der Waals surface area contributed by atoms with Gasteiger partial charge in [-0.1, -0.05) is 25.1 Å². The summed E-state index contributed by atoms with van der Waals surface area (Å²) in [5.74, 6) is 0.653. The Balaban J connectivity index is 1.85. The smallest absolute Gasteiger partial charge is 0.251 e. The van der Waals surface area contributed by atoms with Crippen LogP contribution in [0.4, 0.5) is 11.5 Å². The van der Waals surface area contributed by atoms with Crippen LogP contribution in [-0.2, 0) is 0 Å². The summed E-state index contributed by atoms with van der Waals surface area (Å²) in [4.78, 5) is 20.8. The molecule has 0 fully saturated rings. The molecule has 3 aromatic rings. The summed E-state index contributed by atoms with van der Waals surface area (Å²) in [7, 11) is 0. The number of fused-ring (bicyclic) bond motifs is 1. The molecule has 1 aromatic heterocycles. The van der Waals surface area contributed by atoms with Crippen LogP contribution in [0.15, 0.2) is 54.9 Å². The first-order chi connectivity index (χ1) is 11.7. The average molecular weight is 320 g/mol. The Morgan fingerprint density at radius 2 is 1.96 bits per heavy atom. The molecule has 5 nitrogen and oxygen atoms in total. The van der Waals surface area contributed by atoms with Gasteiger partial charge in [-0.15, -0.1) is 0 Å². The minimum atomic E-state index is -0.0689. The second-order valence-electron chi connectivity index (χ2n) is 5.73. The average Bonchev–Trinajstić information content (AvgIpc) is 2.62. The van der Waals surface area contributed by atoms with E-state index in [1.165, 1.54) is 6.33 Å². The van der Waals surface area contributed by atoms with Crippen molar-refractivity contribution in [1.29, 1.82) is 0 Å². The van der Waals surface area contributed by atoms with Gasteiger partial charge in [0.1, 0.15) is 12.1 Å². The molecule has 5 heteroatoms. The van der Waals surface area contributed by atoms with E-state index in [1.807, 2.05) is 56.3 Å². The third-order valence-electron chi connectivity index (χ3n) is 3.92. The molecule has 1 heterocycles. The Morgan fingerprint density at radius 3 is 2.79 bits per heavy atom. The van der Waals surface area contributed by atoms with E-state index in [4.69, 9.17) is 0 Å². The van der Waals surface area contributed by atoms with Crippen molar-refractivity contribution in [1.82, 2.24) is 15.3 Å². The topological polar surface area (TPSA) is 66.9 Å². The highest BCUT2D eigenvalue weighted by Gasteiger charge is 2.10. The van der Waals surface area contributed by atoms with E-state index >= 15 is 0 Å². The molecule has 0 aliphatic carbocycles. The summed E-state index contributed by atoms with van der Waals surface area (Å²) < 4.78 is 0. The zero-order valence-corrected chi connectivity index (χ0v) is 13.8. The quantitative estimate of drug-likeness (QED) is 0.748. The molecule has 0 bridgehead atoms. The van der Waals surface area contributed by atoms with Gasteiger partial charge in [0.15, 0.2) is 0 Å². The molecule has 2 N–H and O–H groups in total. The summed E-state index contributed by atoms with van der Waals surface area (Å²) in [5.41, 5.74) is 2.31. The molecule has 3 rings (SSSR count). The number of benzene rings is 2. The van der Waals surface area contributed by atoms with E-state index in [2.05, 4.69) is 20.6 Å². The Kier molecular flexibility index (Phi) is 4.70. The van der Waals surface area contributed by atoms with Gasteiger partial charge in [-0.2, -0.15) is 0 Å². The number of nitrogens with zero attached hydrogens (tertiary/aromatic N) is 2. The van der Waals surface area contributed by atoms with E-state index in [0.29, 0.717) is 5.56 Å². The SMILES string of the molecule is CCC(C)NC(=O)c1cccc(Nc2ncnc3ccccc23)c1. The van der Waals surface area contributed by atoms with Gasteiger partial charge in [-0.3, -0.25) is 4.79 Å². The van der Waals surface area contributed by atoms with Crippen molar-refractivity contribution in [2.75, 3.05) is 5.32 Å². The van der Waals surface area contributed by atoms with Crippen LogP contribution in [-0.4, -0.2) is 21.9 Å². The predicted molar refractivity (Wildman–Crippen MR) is 96.5 cm³/mol. The van der Waals surface area contributed by atoms with Crippen LogP contribution in [0.5, 0.6) is 0 Å². The first kappa shape index (κ1) is 15.9. The molecule has 0 aliphatic heterocycles. The lowest BCUT2D eigenvalue weighted by Gasteiger charge is -2.13. The molecule has 0 saturated carbocycles. The molecule has 0 spiro atoms. The van der Waals surface area contributed by atoms with Crippen LogP contribution in [0.1, 0.15) is 30.6 Å². The number of anilines is 2. The van der Waals surface area contributed by atoms with E-state index in [9.17, 15) is 4.79 Å². The summed E-state index contributed by atoms with van der Waals surface area (Å²) >= 11 is 0. The predicted octanol–water partition coefficient (Wildman–Crippen LogP) is 3.90. The monoisotopic (exact) mass is 320 g/mol. The summed E-state index contributed by atoms with van der Waals surface area (Å²) in [6.07, 6.45) is 2.43. The number of carbonyl (C=O) groups excluding carboxylic acids is 1. The van der Waals surface area contributed by atoms with Gasteiger partial charge >= 0.3 is 0 Å². The molecule has 2 aromatic carbocycles. The van der Waals surface area contributed by atoms with Crippen molar-refractivity contribution in [3.05, 3.63) is 60.4 Å². The maximum atomic E-state index is 12.3. The van der Waals surface area contributed by atoms with Crippen molar-refractivity contribution >= 4 is 28.3 Å². The molecule has 1 amide bonds. The van der Waals surface area contributed by atoms with Crippen LogP contribution in [0.25, 0.3) is 10.9 Å². The van der Waals surface area contributed by atoms with Crippen LogP contribution in [0.2, 0.25) is 0 Å². The summed E-state index contributed by atoms with van der Waals surface area (Å²) in [6.45, 7) is 4.04. The van der Waals surface area contributed by atoms with E-state index in [1.54, 1.807) is 6.07 Å². The van der Waals surface area contributed by atoms with Gasteiger partial charge in [-0.05, 0) is 43.7 Å². The standard InChI is InChI=1S/C19H20N4O/c1-3-13(2)22-19(24)14-7-6-8-15(11-14)23-18-16-9-4-5-10-17(16)20-12-21-18/h4-13H,3H2,1-2H3,(H,22,24)(H,20,21,23). The molecule has 0 aliphatic rings. The molecule has 1 unspecified atom stereocenters. The van der Waals surface area contributed by atoms with Gasteiger partial charge in [-0.25, -0.2) is 9.97 Å². The molecular formula is C19H20N4O. The van der Waals surface area contributed by atoms with Gasteiger partial charge in [0.25, 0.3) is 5.91 Å². The highest BCUT2D eigenvalue weighted by Crippen LogP contribution is 2.23. The lowest BCUT2D eigenvalue weighted by atomic mass is 10.1. The Bertz CT molecular complexity index is 857. The third kappa shape index (κ3) is 3.51. The van der Waals surface area contributed by atoms with Crippen molar-refractivity contribution < 1.29 is 4.79 Å². The first-order valence-corrected chi connectivity index (χ1v) is 8.05. The van der Waals surface area contributed by atoms with Crippen LogP contribution >= 0.6 is 0 Å². The highest BCUT2D eigenvalue weighted by molar-refractivity contribution is 5.96. The van der Waals surface area contributed by atoms with Gasteiger partial charge in [0.2, 0.25) is 0 Å². The van der Waals surface area contributed by atoms with Gasteiger partial charge < -0.3 is 10.6 Å². The van der Waals surface area contributed by atoms with Crippen LogP contribution < -0.4 is 10.6 Å². The number of hydrogen-bond donors (Lipinski definition) is 2. The Morgan fingerprint density at radius 1 is 1.12 bits per heavy atom. The number of aromatic nitrogens is 2. The maximum absolute atomic E-state index is 12.3. The molecule has 122 valence electrons. The van der Waals surface area contributed by atoms with Gasteiger partial charge in [0.05, 0.1) is 5.52 Å².